The molecule has 1 amide bonds. The summed E-state index contributed by atoms with van der Waals surface area (Å²) in [6, 6.07) is 15.4. The number of benzene rings is 2. The number of aliphatic hydroxyl groups excluding tert-OH is 2. The normalized spacial score (nSPS) is 20.6. The molecule has 3 atom stereocenters. The molecule has 0 radical (unpaired) electrons. The number of nitrogens with zero attached hydrogens (tertiary/aromatic N) is 3. The Labute approximate surface area is 207 Å². The van der Waals surface area contributed by atoms with Crippen LogP contribution in [0.1, 0.15) is 16.7 Å². The van der Waals surface area contributed by atoms with Gasteiger partial charge in [-0.3, -0.25) is 14.5 Å². The second kappa shape index (κ2) is 13.0. The summed E-state index contributed by atoms with van der Waals surface area (Å²) < 4.78 is 5.83. The van der Waals surface area contributed by atoms with Gasteiger partial charge in [0.05, 0.1) is 26.9 Å². The van der Waals surface area contributed by atoms with E-state index in [-0.39, 0.29) is 19.8 Å². The smallest absolute Gasteiger partial charge is 0.237 e. The zero-order chi connectivity index (χ0) is 25.4. The maximum Gasteiger partial charge on any atom is 0.237 e. The third-order valence-electron chi connectivity index (χ3n) is 6.36. The number of aliphatic hydroxyl groups is 2. The summed E-state index contributed by atoms with van der Waals surface area (Å²) in [5.74, 6) is -0.484. The number of hydrogen-bond donors (Lipinski definition) is 3. The monoisotopic (exact) mass is 486 g/mol. The molecule has 4 N–H and O–H groups in total. The van der Waals surface area contributed by atoms with Crippen LogP contribution in [0.3, 0.4) is 0 Å². The van der Waals surface area contributed by atoms with Gasteiger partial charge in [0.25, 0.3) is 0 Å². The standard InChI is InChI=1S/C26H38N4O5/c1-28(2)12-13-29(14-19-8-5-4-6-9-19)15-20-10-7-11-21(25(20)34-3)16-30-24(26(27)33)22(17-31)23(18-32)35-30/h4-11,22-24,31-32H,12-18H2,1-3H3,(H2,27,33). The van der Waals surface area contributed by atoms with Crippen LogP contribution in [0.4, 0.5) is 0 Å². The van der Waals surface area contributed by atoms with Gasteiger partial charge in [0, 0.05) is 43.2 Å². The van der Waals surface area contributed by atoms with Gasteiger partial charge in [0.2, 0.25) is 5.91 Å². The Morgan fingerprint density at radius 3 is 2.34 bits per heavy atom. The van der Waals surface area contributed by atoms with E-state index >= 15 is 0 Å². The molecule has 1 heterocycles. The third-order valence-corrected chi connectivity index (χ3v) is 6.36. The average Bonchev–Trinajstić information content (AvgIpc) is 3.21. The first-order valence-electron chi connectivity index (χ1n) is 11.9. The minimum absolute atomic E-state index is 0.230. The Morgan fingerprint density at radius 1 is 1.03 bits per heavy atom. The lowest BCUT2D eigenvalue weighted by atomic mass is 9.95. The predicted octanol–water partition coefficient (Wildman–Crippen LogP) is 0.830. The second-order valence-corrected chi connectivity index (χ2v) is 9.20. The van der Waals surface area contributed by atoms with Crippen LogP contribution in [0, 0.1) is 5.92 Å². The van der Waals surface area contributed by atoms with Crippen molar-refractivity contribution in [1.82, 2.24) is 14.9 Å². The molecule has 0 aliphatic carbocycles. The largest absolute Gasteiger partial charge is 0.496 e. The maximum atomic E-state index is 12.2. The highest BCUT2D eigenvalue weighted by Gasteiger charge is 2.46. The highest BCUT2D eigenvalue weighted by molar-refractivity contribution is 5.80. The zero-order valence-corrected chi connectivity index (χ0v) is 20.8. The molecule has 0 saturated carbocycles. The summed E-state index contributed by atoms with van der Waals surface area (Å²) >= 11 is 0. The van der Waals surface area contributed by atoms with Gasteiger partial charge in [-0.05, 0) is 19.7 Å². The Balaban J connectivity index is 1.83. The molecular weight excluding hydrogens is 448 g/mol. The fraction of sp³-hybridized carbons (Fsp3) is 0.500. The molecule has 1 aliphatic rings. The Hall–Kier alpha value is -2.53. The number of para-hydroxylation sites is 1. The SMILES string of the molecule is COc1c(CN(CCN(C)C)Cc2ccccc2)cccc1CN1OC(CO)C(CO)C1C(N)=O. The number of primary amides is 1. The van der Waals surface area contributed by atoms with E-state index in [0.717, 1.165) is 36.5 Å². The average molecular weight is 487 g/mol. The van der Waals surface area contributed by atoms with Crippen molar-refractivity contribution in [3.8, 4) is 5.75 Å². The van der Waals surface area contributed by atoms with E-state index in [1.165, 1.54) is 10.6 Å². The molecule has 1 saturated heterocycles. The van der Waals surface area contributed by atoms with Gasteiger partial charge < -0.3 is 25.6 Å². The van der Waals surface area contributed by atoms with Crippen LogP contribution in [0.25, 0.3) is 0 Å². The molecule has 1 aliphatic heterocycles. The molecule has 0 aromatic heterocycles. The summed E-state index contributed by atoms with van der Waals surface area (Å²) in [5, 5.41) is 20.9. The van der Waals surface area contributed by atoms with Gasteiger partial charge in [-0.25, -0.2) is 0 Å². The van der Waals surface area contributed by atoms with Crippen LogP contribution in [0.15, 0.2) is 48.5 Å². The van der Waals surface area contributed by atoms with Gasteiger partial charge in [-0.1, -0.05) is 48.5 Å². The van der Waals surface area contributed by atoms with Crippen molar-refractivity contribution in [3.05, 3.63) is 65.2 Å². The highest BCUT2D eigenvalue weighted by Crippen LogP contribution is 2.33. The minimum Gasteiger partial charge on any atom is -0.496 e. The van der Waals surface area contributed by atoms with Gasteiger partial charge in [-0.2, -0.15) is 5.06 Å². The Kier molecular flexibility index (Phi) is 10.0. The fourth-order valence-corrected chi connectivity index (χ4v) is 4.56. The lowest BCUT2D eigenvalue weighted by Gasteiger charge is -2.27. The molecule has 2 aromatic rings. The van der Waals surface area contributed by atoms with E-state index in [4.69, 9.17) is 15.3 Å². The number of amides is 1. The zero-order valence-electron chi connectivity index (χ0n) is 20.8. The van der Waals surface area contributed by atoms with E-state index in [1.54, 1.807) is 7.11 Å². The van der Waals surface area contributed by atoms with Gasteiger partial charge in [-0.15, -0.1) is 0 Å². The summed E-state index contributed by atoms with van der Waals surface area (Å²) in [7, 11) is 5.76. The number of ether oxygens (including phenoxy) is 1. The molecule has 3 rings (SSSR count). The fourth-order valence-electron chi connectivity index (χ4n) is 4.56. The molecular formula is C26H38N4O5. The molecule has 1 fully saturated rings. The number of methoxy groups -OCH3 is 1. The van der Waals surface area contributed by atoms with E-state index in [1.807, 2.05) is 36.4 Å². The number of rotatable bonds is 13. The molecule has 9 heteroatoms. The van der Waals surface area contributed by atoms with Crippen LogP contribution in [0.2, 0.25) is 0 Å². The number of carbonyl (C=O) groups excluding carboxylic acids is 1. The van der Waals surface area contributed by atoms with Gasteiger partial charge in [0.15, 0.2) is 0 Å². The van der Waals surface area contributed by atoms with Crippen molar-refractivity contribution in [2.45, 2.75) is 31.8 Å². The van der Waals surface area contributed by atoms with Crippen LogP contribution in [-0.4, -0.2) is 90.6 Å². The number of carbonyl (C=O) groups is 1. The summed E-state index contributed by atoms with van der Waals surface area (Å²) in [6.07, 6.45) is -0.695. The molecule has 9 nitrogen and oxygen atoms in total. The molecule has 0 bridgehead atoms. The maximum absolute atomic E-state index is 12.2. The predicted molar refractivity (Wildman–Crippen MR) is 133 cm³/mol. The van der Waals surface area contributed by atoms with Gasteiger partial charge >= 0.3 is 0 Å². The lowest BCUT2D eigenvalue weighted by molar-refractivity contribution is -0.180. The van der Waals surface area contributed by atoms with Crippen LogP contribution < -0.4 is 10.5 Å². The summed E-state index contributed by atoms with van der Waals surface area (Å²) in [6.45, 7) is 2.88. The quantitative estimate of drug-likeness (QED) is 0.382. The summed E-state index contributed by atoms with van der Waals surface area (Å²) in [5.41, 5.74) is 8.72. The Morgan fingerprint density at radius 2 is 1.74 bits per heavy atom. The highest BCUT2D eigenvalue weighted by atomic mass is 16.7. The van der Waals surface area contributed by atoms with Crippen molar-refractivity contribution in [1.29, 1.82) is 0 Å². The topological polar surface area (TPSA) is 112 Å². The number of nitrogens with two attached hydrogens (primary N) is 1. The van der Waals surface area contributed by atoms with Crippen LogP contribution >= 0.6 is 0 Å². The lowest BCUT2D eigenvalue weighted by Crippen LogP contribution is -2.44. The van der Waals surface area contributed by atoms with E-state index in [2.05, 4.69) is 36.0 Å². The van der Waals surface area contributed by atoms with Crippen molar-refractivity contribution in [2.75, 3.05) is 47.5 Å². The Bertz CT molecular complexity index is 943. The molecule has 3 unspecified atom stereocenters. The van der Waals surface area contributed by atoms with Crippen molar-refractivity contribution < 1.29 is 24.6 Å². The van der Waals surface area contributed by atoms with E-state index < -0.39 is 24.0 Å². The number of hydrogen-bond acceptors (Lipinski definition) is 8. The second-order valence-electron chi connectivity index (χ2n) is 9.20. The number of hydroxylamine groups is 2. The third kappa shape index (κ3) is 7.00. The van der Waals surface area contributed by atoms with E-state index in [0.29, 0.717) is 6.54 Å². The van der Waals surface area contributed by atoms with Crippen LogP contribution in [-0.2, 0) is 29.3 Å². The number of likely N-dealkylation sites (N-methyl/N-ethyl adjacent to an activating group) is 1. The molecule has 0 spiro atoms. The first-order valence-corrected chi connectivity index (χ1v) is 11.9. The molecule has 192 valence electrons. The molecule has 35 heavy (non-hydrogen) atoms. The van der Waals surface area contributed by atoms with Crippen molar-refractivity contribution in [2.24, 2.45) is 11.7 Å². The van der Waals surface area contributed by atoms with Crippen LogP contribution in [0.5, 0.6) is 5.75 Å². The first-order chi connectivity index (χ1) is 16.9. The molecule has 2 aromatic carbocycles. The van der Waals surface area contributed by atoms with Crippen molar-refractivity contribution in [3.63, 3.8) is 0 Å². The summed E-state index contributed by atoms with van der Waals surface area (Å²) in [4.78, 5) is 22.5. The van der Waals surface area contributed by atoms with E-state index in [9.17, 15) is 15.0 Å². The van der Waals surface area contributed by atoms with Crippen molar-refractivity contribution >= 4 is 5.91 Å². The first kappa shape index (κ1) is 27.1. The minimum atomic E-state index is -0.847. The van der Waals surface area contributed by atoms with Gasteiger partial charge in [0.1, 0.15) is 17.9 Å².